The molecule has 0 saturated carbocycles. The molecule has 1 aromatic rings. The zero-order valence-electron chi connectivity index (χ0n) is 11.8. The number of benzene rings is 1. The summed E-state index contributed by atoms with van der Waals surface area (Å²) in [6.45, 7) is 4.59. The van der Waals surface area contributed by atoms with Crippen LogP contribution >= 0.6 is 15.9 Å². The molecule has 1 N–H and O–H groups in total. The first-order valence-electron chi connectivity index (χ1n) is 6.87. The maximum Gasteiger partial charge on any atom is 0.263 e. The van der Waals surface area contributed by atoms with Crippen LogP contribution in [0.3, 0.4) is 0 Å². The van der Waals surface area contributed by atoms with Crippen molar-refractivity contribution in [3.63, 3.8) is 0 Å². The van der Waals surface area contributed by atoms with Crippen LogP contribution in [0.15, 0.2) is 28.7 Å². The monoisotopic (exact) mass is 341 g/mol. The predicted octanol–water partition coefficient (Wildman–Crippen LogP) is 2.59. The molecule has 1 aliphatic heterocycles. The molecule has 2 rings (SSSR count). The van der Waals surface area contributed by atoms with Gasteiger partial charge in [-0.15, -0.1) is 0 Å². The Morgan fingerprint density at radius 2 is 2.05 bits per heavy atom. The standard InChI is InChI=1S/C15H20BrNO3/c1-3-8-15(19)9-17(10-15)14(18)11(2)20-13-6-4-12(16)5-7-13/h4-7,11,19H,3,8-10H2,1-2H3. The Bertz CT molecular complexity index is 469. The largest absolute Gasteiger partial charge is 0.481 e. The van der Waals surface area contributed by atoms with E-state index in [1.165, 1.54) is 0 Å². The van der Waals surface area contributed by atoms with E-state index in [1.807, 2.05) is 31.2 Å². The summed E-state index contributed by atoms with van der Waals surface area (Å²) in [5.41, 5.74) is -0.693. The zero-order chi connectivity index (χ0) is 14.8. The lowest BCUT2D eigenvalue weighted by molar-refractivity contribution is -0.162. The third-order valence-corrected chi connectivity index (χ3v) is 4.00. The number of halogens is 1. The number of amides is 1. The molecule has 1 saturated heterocycles. The van der Waals surface area contributed by atoms with Crippen molar-refractivity contribution in [3.05, 3.63) is 28.7 Å². The summed E-state index contributed by atoms with van der Waals surface area (Å²) in [5.74, 6) is 0.590. The van der Waals surface area contributed by atoms with E-state index in [0.29, 0.717) is 18.8 Å². The zero-order valence-corrected chi connectivity index (χ0v) is 13.4. The fraction of sp³-hybridized carbons (Fsp3) is 0.533. The van der Waals surface area contributed by atoms with Gasteiger partial charge in [0.1, 0.15) is 5.75 Å². The molecule has 5 heteroatoms. The minimum atomic E-state index is -0.693. The van der Waals surface area contributed by atoms with Gasteiger partial charge in [0.25, 0.3) is 5.91 Å². The Morgan fingerprint density at radius 3 is 2.60 bits per heavy atom. The molecule has 0 aliphatic carbocycles. The van der Waals surface area contributed by atoms with Crippen LogP contribution in [0, 0.1) is 0 Å². The van der Waals surface area contributed by atoms with Gasteiger partial charge < -0.3 is 14.7 Å². The van der Waals surface area contributed by atoms with E-state index in [2.05, 4.69) is 15.9 Å². The summed E-state index contributed by atoms with van der Waals surface area (Å²) >= 11 is 3.35. The lowest BCUT2D eigenvalue weighted by Gasteiger charge is -2.47. The van der Waals surface area contributed by atoms with Crippen molar-refractivity contribution in [3.8, 4) is 5.75 Å². The molecule has 1 aliphatic rings. The van der Waals surface area contributed by atoms with Crippen LogP contribution in [0.25, 0.3) is 0 Å². The molecule has 0 radical (unpaired) electrons. The van der Waals surface area contributed by atoms with Crippen LogP contribution in [-0.2, 0) is 4.79 Å². The number of hydrogen-bond acceptors (Lipinski definition) is 3. The molecule has 1 atom stereocenters. The van der Waals surface area contributed by atoms with E-state index in [1.54, 1.807) is 11.8 Å². The summed E-state index contributed by atoms with van der Waals surface area (Å²) in [4.78, 5) is 13.8. The van der Waals surface area contributed by atoms with Gasteiger partial charge in [0, 0.05) is 4.47 Å². The first-order valence-corrected chi connectivity index (χ1v) is 7.66. The number of nitrogens with zero attached hydrogens (tertiary/aromatic N) is 1. The lowest BCUT2D eigenvalue weighted by Crippen LogP contribution is -2.65. The smallest absolute Gasteiger partial charge is 0.263 e. The van der Waals surface area contributed by atoms with Crippen molar-refractivity contribution < 1.29 is 14.6 Å². The minimum absolute atomic E-state index is 0.0753. The van der Waals surface area contributed by atoms with Crippen molar-refractivity contribution in [2.24, 2.45) is 0 Å². The van der Waals surface area contributed by atoms with Crippen molar-refractivity contribution >= 4 is 21.8 Å². The van der Waals surface area contributed by atoms with Crippen LogP contribution in [0.4, 0.5) is 0 Å². The second-order valence-corrected chi connectivity index (χ2v) is 6.30. The van der Waals surface area contributed by atoms with Gasteiger partial charge in [0.05, 0.1) is 18.7 Å². The third kappa shape index (κ3) is 3.52. The van der Waals surface area contributed by atoms with Crippen LogP contribution in [0.1, 0.15) is 26.7 Å². The molecule has 4 nitrogen and oxygen atoms in total. The van der Waals surface area contributed by atoms with Crippen LogP contribution < -0.4 is 4.74 Å². The summed E-state index contributed by atoms with van der Waals surface area (Å²) in [5, 5.41) is 10.1. The van der Waals surface area contributed by atoms with E-state index in [4.69, 9.17) is 4.74 Å². The molecule has 1 unspecified atom stereocenters. The van der Waals surface area contributed by atoms with Gasteiger partial charge in [-0.2, -0.15) is 0 Å². The number of β-amino-alcohol motifs (C(OH)–C–C–N with tert-alkyl or cyclic N) is 1. The number of likely N-dealkylation sites (tertiary alicyclic amines) is 1. The molecule has 1 aromatic carbocycles. The van der Waals surface area contributed by atoms with Gasteiger partial charge in [-0.25, -0.2) is 0 Å². The molecular formula is C15H20BrNO3. The van der Waals surface area contributed by atoms with E-state index in [-0.39, 0.29) is 5.91 Å². The summed E-state index contributed by atoms with van der Waals surface area (Å²) < 4.78 is 6.59. The molecule has 0 bridgehead atoms. The van der Waals surface area contributed by atoms with E-state index >= 15 is 0 Å². The second kappa shape index (κ2) is 6.14. The van der Waals surface area contributed by atoms with Gasteiger partial charge >= 0.3 is 0 Å². The predicted molar refractivity (Wildman–Crippen MR) is 80.7 cm³/mol. The number of aliphatic hydroxyl groups is 1. The summed E-state index contributed by atoms with van der Waals surface area (Å²) in [6.07, 6.45) is 1.12. The van der Waals surface area contributed by atoms with Gasteiger partial charge in [0.2, 0.25) is 0 Å². The number of rotatable bonds is 5. The normalized spacial score (nSPS) is 18.3. The Labute approximate surface area is 127 Å². The fourth-order valence-corrected chi connectivity index (χ4v) is 2.73. The first kappa shape index (κ1) is 15.3. The van der Waals surface area contributed by atoms with Crippen molar-refractivity contribution in [2.75, 3.05) is 13.1 Å². The first-order chi connectivity index (χ1) is 9.43. The molecule has 20 heavy (non-hydrogen) atoms. The van der Waals surface area contributed by atoms with E-state index in [9.17, 15) is 9.90 Å². The SMILES string of the molecule is CCCC1(O)CN(C(=O)C(C)Oc2ccc(Br)cc2)C1. The number of ether oxygens (including phenoxy) is 1. The third-order valence-electron chi connectivity index (χ3n) is 3.47. The molecule has 1 fully saturated rings. The molecule has 110 valence electrons. The van der Waals surface area contributed by atoms with Crippen molar-refractivity contribution in [2.45, 2.75) is 38.4 Å². The van der Waals surface area contributed by atoms with Crippen molar-refractivity contribution in [1.82, 2.24) is 4.90 Å². The van der Waals surface area contributed by atoms with Gasteiger partial charge in [-0.1, -0.05) is 29.3 Å². The minimum Gasteiger partial charge on any atom is -0.481 e. The van der Waals surface area contributed by atoms with Crippen LogP contribution in [-0.4, -0.2) is 40.7 Å². The fourth-order valence-electron chi connectivity index (χ4n) is 2.47. The maximum atomic E-state index is 12.2. The van der Waals surface area contributed by atoms with E-state index < -0.39 is 11.7 Å². The molecular weight excluding hydrogens is 322 g/mol. The summed E-state index contributed by atoms with van der Waals surface area (Å²) in [7, 11) is 0. The highest BCUT2D eigenvalue weighted by atomic mass is 79.9. The highest BCUT2D eigenvalue weighted by Crippen LogP contribution is 2.27. The van der Waals surface area contributed by atoms with Gasteiger partial charge in [-0.05, 0) is 37.6 Å². The Hall–Kier alpha value is -1.07. The lowest BCUT2D eigenvalue weighted by atomic mass is 9.89. The topological polar surface area (TPSA) is 49.8 Å². The summed E-state index contributed by atoms with van der Waals surface area (Å²) in [6, 6.07) is 7.38. The second-order valence-electron chi connectivity index (χ2n) is 5.38. The highest BCUT2D eigenvalue weighted by molar-refractivity contribution is 9.10. The molecule has 0 aromatic heterocycles. The average molecular weight is 342 g/mol. The number of hydrogen-bond donors (Lipinski definition) is 1. The van der Waals surface area contributed by atoms with E-state index in [0.717, 1.165) is 17.3 Å². The molecule has 1 heterocycles. The van der Waals surface area contributed by atoms with Crippen LogP contribution in [0.5, 0.6) is 5.75 Å². The molecule has 1 amide bonds. The van der Waals surface area contributed by atoms with Gasteiger partial charge in [0.15, 0.2) is 6.10 Å². The Morgan fingerprint density at radius 1 is 1.45 bits per heavy atom. The van der Waals surface area contributed by atoms with Crippen molar-refractivity contribution in [1.29, 1.82) is 0 Å². The molecule has 0 spiro atoms. The highest BCUT2D eigenvalue weighted by Gasteiger charge is 2.44. The number of carbonyl (C=O) groups is 1. The van der Waals surface area contributed by atoms with Gasteiger partial charge in [-0.3, -0.25) is 4.79 Å². The number of carbonyl (C=O) groups excluding carboxylic acids is 1. The average Bonchev–Trinajstić information content (AvgIpc) is 2.38. The van der Waals surface area contributed by atoms with Crippen LogP contribution in [0.2, 0.25) is 0 Å². The maximum absolute atomic E-state index is 12.2. The quantitative estimate of drug-likeness (QED) is 0.895. The Kier molecular flexibility index (Phi) is 4.70. The Balaban J connectivity index is 1.86.